The van der Waals surface area contributed by atoms with E-state index in [1.165, 1.54) is 30.0 Å². The van der Waals surface area contributed by atoms with Crippen LogP contribution in [0.2, 0.25) is 0 Å². The summed E-state index contributed by atoms with van der Waals surface area (Å²) in [6, 6.07) is 15.6. The van der Waals surface area contributed by atoms with Gasteiger partial charge in [0.25, 0.3) is 0 Å². The lowest BCUT2D eigenvalue weighted by molar-refractivity contribution is -0.114. The van der Waals surface area contributed by atoms with E-state index in [1.54, 1.807) is 13.3 Å². The van der Waals surface area contributed by atoms with E-state index in [9.17, 15) is 4.79 Å². The third kappa shape index (κ3) is 4.13. The van der Waals surface area contributed by atoms with Crippen molar-refractivity contribution in [3.05, 3.63) is 54.7 Å². The highest BCUT2D eigenvalue weighted by Crippen LogP contribution is 2.32. The summed E-state index contributed by atoms with van der Waals surface area (Å²) in [5.41, 5.74) is 2.65. The van der Waals surface area contributed by atoms with Gasteiger partial charge in [-0.05, 0) is 48.2 Å². The SMILES string of the molecule is COc1cccc(Sc2nccc(-c3ccc4nc(NC(C)=O)sc4c3)n2)c1. The zero-order valence-electron chi connectivity index (χ0n) is 15.2. The molecule has 1 N–H and O–H groups in total. The monoisotopic (exact) mass is 408 g/mol. The number of rotatable bonds is 5. The largest absolute Gasteiger partial charge is 0.497 e. The Hall–Kier alpha value is -2.97. The molecule has 0 aliphatic carbocycles. The van der Waals surface area contributed by atoms with Crippen LogP contribution in [0.1, 0.15) is 6.92 Å². The zero-order chi connectivity index (χ0) is 19.5. The third-order valence-electron chi connectivity index (χ3n) is 3.85. The van der Waals surface area contributed by atoms with Crippen molar-refractivity contribution in [2.45, 2.75) is 17.0 Å². The van der Waals surface area contributed by atoms with Crippen LogP contribution in [0.3, 0.4) is 0 Å². The quantitative estimate of drug-likeness (QED) is 0.475. The van der Waals surface area contributed by atoms with Crippen LogP contribution in [0.4, 0.5) is 5.13 Å². The molecule has 0 aliphatic rings. The summed E-state index contributed by atoms with van der Waals surface area (Å²) in [7, 11) is 1.65. The molecule has 28 heavy (non-hydrogen) atoms. The van der Waals surface area contributed by atoms with Crippen molar-refractivity contribution in [2.75, 3.05) is 12.4 Å². The maximum Gasteiger partial charge on any atom is 0.223 e. The van der Waals surface area contributed by atoms with Gasteiger partial charge in [0.15, 0.2) is 10.3 Å². The van der Waals surface area contributed by atoms with Gasteiger partial charge in [-0.3, -0.25) is 4.79 Å². The number of carbonyl (C=O) groups excluding carboxylic acids is 1. The van der Waals surface area contributed by atoms with Crippen molar-refractivity contribution in [3.8, 4) is 17.0 Å². The minimum absolute atomic E-state index is 0.130. The van der Waals surface area contributed by atoms with Gasteiger partial charge in [0.05, 0.1) is 23.0 Å². The van der Waals surface area contributed by atoms with E-state index in [2.05, 4.69) is 20.3 Å². The molecule has 6 nitrogen and oxygen atoms in total. The molecule has 140 valence electrons. The minimum atomic E-state index is -0.130. The predicted octanol–water partition coefficient (Wildman–Crippen LogP) is 4.87. The highest BCUT2D eigenvalue weighted by molar-refractivity contribution is 7.99. The Labute approximate surface area is 170 Å². The summed E-state index contributed by atoms with van der Waals surface area (Å²) in [6.07, 6.45) is 1.75. The van der Waals surface area contributed by atoms with Crippen molar-refractivity contribution in [1.82, 2.24) is 15.0 Å². The maximum absolute atomic E-state index is 11.2. The summed E-state index contributed by atoms with van der Waals surface area (Å²) >= 11 is 2.92. The molecule has 2 aromatic heterocycles. The summed E-state index contributed by atoms with van der Waals surface area (Å²) < 4.78 is 6.26. The van der Waals surface area contributed by atoms with Crippen molar-refractivity contribution < 1.29 is 9.53 Å². The molecule has 0 fully saturated rings. The Balaban J connectivity index is 1.62. The molecule has 0 unspecified atom stereocenters. The summed E-state index contributed by atoms with van der Waals surface area (Å²) in [6.45, 7) is 1.47. The van der Waals surface area contributed by atoms with Crippen LogP contribution < -0.4 is 10.1 Å². The van der Waals surface area contributed by atoms with Crippen LogP contribution in [-0.2, 0) is 4.79 Å². The number of benzene rings is 2. The second-order valence-corrected chi connectivity index (χ2v) is 7.96. The number of aromatic nitrogens is 3. The zero-order valence-corrected chi connectivity index (χ0v) is 16.8. The Bertz CT molecular complexity index is 1160. The van der Waals surface area contributed by atoms with E-state index >= 15 is 0 Å². The van der Waals surface area contributed by atoms with Gasteiger partial charge in [-0.15, -0.1) is 0 Å². The fraction of sp³-hybridized carbons (Fsp3) is 0.100. The molecule has 0 saturated heterocycles. The summed E-state index contributed by atoms with van der Waals surface area (Å²) in [4.78, 5) is 25.7. The fourth-order valence-electron chi connectivity index (χ4n) is 2.61. The first-order chi connectivity index (χ1) is 13.6. The molecule has 1 amide bonds. The Morgan fingerprint density at radius 3 is 2.86 bits per heavy atom. The number of thiazole rings is 1. The van der Waals surface area contributed by atoms with E-state index in [1.807, 2.05) is 48.5 Å². The van der Waals surface area contributed by atoms with Crippen LogP contribution in [-0.4, -0.2) is 28.0 Å². The van der Waals surface area contributed by atoms with E-state index in [-0.39, 0.29) is 5.91 Å². The highest BCUT2D eigenvalue weighted by atomic mass is 32.2. The van der Waals surface area contributed by atoms with Crippen molar-refractivity contribution in [2.24, 2.45) is 0 Å². The molecule has 8 heteroatoms. The van der Waals surface area contributed by atoms with Crippen LogP contribution >= 0.6 is 23.1 Å². The fourth-order valence-corrected chi connectivity index (χ4v) is 4.35. The molecular formula is C20H16N4O2S2. The number of hydrogen-bond donors (Lipinski definition) is 1. The molecule has 2 heterocycles. The number of nitrogens with one attached hydrogen (secondary N) is 1. The standard InChI is InChI=1S/C20H16N4O2S2/c1-12(25)22-20-24-17-7-6-13(10-18(17)28-20)16-8-9-21-19(23-16)27-15-5-3-4-14(11-15)26-2/h3-11H,1-2H3,(H,22,24,25). The number of carbonyl (C=O) groups is 1. The van der Waals surface area contributed by atoms with Gasteiger partial charge in [0.1, 0.15) is 5.75 Å². The molecule has 0 spiro atoms. The van der Waals surface area contributed by atoms with Crippen LogP contribution in [0, 0.1) is 0 Å². The molecule has 4 rings (SSSR count). The molecular weight excluding hydrogens is 392 g/mol. The van der Waals surface area contributed by atoms with Gasteiger partial charge < -0.3 is 10.1 Å². The van der Waals surface area contributed by atoms with Gasteiger partial charge in [-0.2, -0.15) is 0 Å². The minimum Gasteiger partial charge on any atom is -0.497 e. The average Bonchev–Trinajstić information content (AvgIpc) is 3.09. The number of anilines is 1. The lowest BCUT2D eigenvalue weighted by atomic mass is 10.1. The number of ether oxygens (including phenoxy) is 1. The Morgan fingerprint density at radius 1 is 1.14 bits per heavy atom. The van der Waals surface area contributed by atoms with Gasteiger partial charge >= 0.3 is 0 Å². The normalized spacial score (nSPS) is 10.8. The third-order valence-corrected chi connectivity index (χ3v) is 5.65. The molecule has 0 bridgehead atoms. The Morgan fingerprint density at radius 2 is 2.04 bits per heavy atom. The molecule has 2 aromatic carbocycles. The van der Waals surface area contributed by atoms with Gasteiger partial charge in [0.2, 0.25) is 5.91 Å². The number of hydrogen-bond acceptors (Lipinski definition) is 7. The van der Waals surface area contributed by atoms with Crippen LogP contribution in [0.5, 0.6) is 5.75 Å². The predicted molar refractivity (Wildman–Crippen MR) is 112 cm³/mol. The number of nitrogens with zero attached hydrogens (tertiary/aromatic N) is 3. The van der Waals surface area contributed by atoms with E-state index in [0.29, 0.717) is 10.3 Å². The molecule has 0 atom stereocenters. The Kier molecular flexibility index (Phi) is 5.23. The van der Waals surface area contributed by atoms with Gasteiger partial charge in [-0.1, -0.05) is 23.5 Å². The smallest absolute Gasteiger partial charge is 0.223 e. The van der Waals surface area contributed by atoms with Crippen molar-refractivity contribution >= 4 is 44.4 Å². The lowest BCUT2D eigenvalue weighted by Gasteiger charge is -2.05. The van der Waals surface area contributed by atoms with Crippen molar-refractivity contribution in [1.29, 1.82) is 0 Å². The lowest BCUT2D eigenvalue weighted by Crippen LogP contribution is -2.04. The first kappa shape index (κ1) is 18.4. The van der Waals surface area contributed by atoms with E-state index in [0.717, 1.165) is 32.1 Å². The second kappa shape index (κ2) is 7.95. The molecule has 0 radical (unpaired) electrons. The van der Waals surface area contributed by atoms with Crippen LogP contribution in [0.15, 0.2) is 64.8 Å². The first-order valence-corrected chi connectivity index (χ1v) is 10.1. The van der Waals surface area contributed by atoms with Gasteiger partial charge in [0, 0.05) is 23.6 Å². The number of fused-ring (bicyclic) bond motifs is 1. The molecule has 4 aromatic rings. The van der Waals surface area contributed by atoms with E-state index < -0.39 is 0 Å². The number of methoxy groups -OCH3 is 1. The average molecular weight is 409 g/mol. The second-order valence-electron chi connectivity index (χ2n) is 5.89. The highest BCUT2D eigenvalue weighted by Gasteiger charge is 2.09. The maximum atomic E-state index is 11.2. The number of amides is 1. The summed E-state index contributed by atoms with van der Waals surface area (Å²) in [5.74, 6) is 0.668. The summed E-state index contributed by atoms with van der Waals surface area (Å²) in [5, 5.41) is 3.98. The first-order valence-electron chi connectivity index (χ1n) is 8.44. The van der Waals surface area contributed by atoms with Gasteiger partial charge in [-0.25, -0.2) is 15.0 Å². The topological polar surface area (TPSA) is 77.0 Å². The molecule has 0 saturated carbocycles. The molecule has 0 aliphatic heterocycles. The van der Waals surface area contributed by atoms with E-state index in [4.69, 9.17) is 4.74 Å². The van der Waals surface area contributed by atoms with Crippen molar-refractivity contribution in [3.63, 3.8) is 0 Å². The van der Waals surface area contributed by atoms with Crippen LogP contribution in [0.25, 0.3) is 21.5 Å².